The third-order valence-electron chi connectivity index (χ3n) is 24.9. The summed E-state index contributed by atoms with van der Waals surface area (Å²) in [5.41, 5.74) is 22.9. The van der Waals surface area contributed by atoms with Crippen LogP contribution in [0.4, 0.5) is 0 Å². The van der Waals surface area contributed by atoms with Crippen molar-refractivity contribution in [1.82, 2.24) is 40.3 Å². The van der Waals surface area contributed by atoms with Crippen LogP contribution < -0.4 is 22.5 Å². The number of esters is 1. The van der Waals surface area contributed by atoms with Gasteiger partial charge < -0.3 is 42.6 Å². The molecule has 0 radical (unpaired) electrons. The first-order chi connectivity index (χ1) is 67.0. The van der Waals surface area contributed by atoms with Gasteiger partial charge in [0.15, 0.2) is 11.6 Å². The number of ether oxygens (including phenoxy) is 9. The van der Waals surface area contributed by atoms with Gasteiger partial charge in [-0.15, -0.1) is 0 Å². The number of piperazine rings is 3. The van der Waals surface area contributed by atoms with Gasteiger partial charge in [-0.25, -0.2) is 11.7 Å². The highest BCUT2D eigenvalue weighted by atomic mass is 79.9. The van der Waals surface area contributed by atoms with Gasteiger partial charge in [0.25, 0.3) is 0 Å². The van der Waals surface area contributed by atoms with E-state index in [1.807, 2.05) is 232 Å². The van der Waals surface area contributed by atoms with Gasteiger partial charge in [-0.2, -0.15) is 0 Å². The number of amides is 2. The summed E-state index contributed by atoms with van der Waals surface area (Å²) < 4.78 is 53.1. The Morgan fingerprint density at radius 1 is 0.285 bits per heavy atom. The molecule has 7 heterocycles. The molecule has 2 amide bonds. The van der Waals surface area contributed by atoms with Crippen molar-refractivity contribution in [3.05, 3.63) is 428 Å². The number of carbonyl (C=O) groups excluding carboxylic acids is 5. The van der Waals surface area contributed by atoms with E-state index in [4.69, 9.17) is 54.3 Å². The number of hydrogen-bond donors (Lipinski definition) is 4. The number of nitrogens with zero attached hydrogens (tertiary/aromatic N) is 6. The van der Waals surface area contributed by atoms with Crippen LogP contribution in [0.1, 0.15) is 117 Å². The molecular weight excluding hydrogens is 1790 g/mol. The predicted octanol–water partition coefficient (Wildman–Crippen LogP) is 15.0. The van der Waals surface area contributed by atoms with Gasteiger partial charge in [-0.1, -0.05) is 355 Å². The van der Waals surface area contributed by atoms with Gasteiger partial charge in [0, 0.05) is 170 Å². The van der Waals surface area contributed by atoms with Crippen molar-refractivity contribution in [2.24, 2.45) is 11.7 Å². The SMILES string of the molecule is BrCc1ccc(C2(c3ccccc3)OCCO2)cc1.CCOC(=O)CN1CCN(Cc2ccc(C3(c4ccccc4)OCCO3)cc2)CC1.Cc1ccc(C(=O)c2ccccc2)cc1.Cc1ccc(C2(c3ccccc3)OCCO2)cc1.NNC(=O)CN1CCN(Cc2ccc(C(=O)c3ccccc3)cc2)CC1.NNC(=O)CN1CCN(Cc2ccc(C3(c4ccccc4)OCCO3)cc2)CC1. The monoisotopic (exact) mass is 1910 g/mol. The molecule has 25 heteroatoms. The zero-order chi connectivity index (χ0) is 95.5. The number of halogens is 1. The lowest BCUT2D eigenvalue weighted by Gasteiger charge is -2.34. The molecule has 137 heavy (non-hydrogen) atoms. The minimum Gasteiger partial charge on any atom is -0.465 e. The molecule has 0 aromatic heterocycles. The highest BCUT2D eigenvalue weighted by Gasteiger charge is 2.44. The van der Waals surface area contributed by atoms with Crippen LogP contribution in [-0.4, -0.2) is 216 Å². The average Bonchev–Trinajstić information content (AvgIpc) is 1.69. The zero-order valence-corrected chi connectivity index (χ0v) is 80.0. The molecule has 7 saturated heterocycles. The van der Waals surface area contributed by atoms with Crippen LogP contribution >= 0.6 is 15.9 Å². The minimum atomic E-state index is -0.811. The van der Waals surface area contributed by atoms with E-state index >= 15 is 0 Å². The van der Waals surface area contributed by atoms with Gasteiger partial charge >= 0.3 is 5.97 Å². The molecule has 0 bridgehead atoms. The Labute approximate surface area is 813 Å². The van der Waals surface area contributed by atoms with E-state index in [1.165, 1.54) is 33.4 Å². The zero-order valence-electron chi connectivity index (χ0n) is 78.4. The van der Waals surface area contributed by atoms with Crippen molar-refractivity contribution in [1.29, 1.82) is 0 Å². The first-order valence-electron chi connectivity index (χ1n) is 47.1. The molecule has 7 aliphatic rings. The van der Waals surface area contributed by atoms with Crippen molar-refractivity contribution in [3.63, 3.8) is 0 Å². The van der Waals surface area contributed by atoms with Gasteiger partial charge in [-0.05, 0) is 43.0 Å². The predicted molar refractivity (Wildman–Crippen MR) is 533 cm³/mol. The smallest absolute Gasteiger partial charge is 0.320 e. The number of hydrogen-bond acceptors (Lipinski definition) is 22. The molecule has 0 spiro atoms. The Morgan fingerprint density at radius 2 is 0.496 bits per heavy atom. The molecule has 6 N–H and O–H groups in total. The fourth-order valence-corrected chi connectivity index (χ4v) is 17.9. The quantitative estimate of drug-likeness (QED) is 0.00980. The number of rotatable bonds is 26. The molecule has 7 fully saturated rings. The van der Waals surface area contributed by atoms with Crippen LogP contribution in [0.3, 0.4) is 0 Å². The summed E-state index contributed by atoms with van der Waals surface area (Å²) in [6, 6.07) is 108. The lowest BCUT2D eigenvalue weighted by molar-refractivity contribution is -0.145. The van der Waals surface area contributed by atoms with Crippen LogP contribution in [0.15, 0.2) is 328 Å². The fourth-order valence-electron chi connectivity index (χ4n) is 17.5. The summed E-state index contributed by atoms with van der Waals surface area (Å²) >= 11 is 3.46. The Morgan fingerprint density at radius 3 is 0.759 bits per heavy atom. The van der Waals surface area contributed by atoms with Crippen molar-refractivity contribution in [2.75, 3.05) is 158 Å². The number of nitrogens with one attached hydrogen (secondary N) is 2. The van der Waals surface area contributed by atoms with E-state index in [0.29, 0.717) is 90.2 Å². The van der Waals surface area contributed by atoms with E-state index in [2.05, 4.69) is 172 Å². The van der Waals surface area contributed by atoms with Crippen molar-refractivity contribution < 1.29 is 66.6 Å². The second-order valence-corrected chi connectivity index (χ2v) is 34.9. The van der Waals surface area contributed by atoms with Crippen LogP contribution in [0.2, 0.25) is 0 Å². The Hall–Kier alpha value is -11.8. The summed E-state index contributed by atoms with van der Waals surface area (Å²) in [6.07, 6.45) is 0. The standard InChI is InChI=1S/C24H30N2O4.C22H28N4O3.C20H24N4O2.C16H15BrO2.C16H16O2.C14H12O/c1-2-28-23(27)19-26-14-12-25(13-15-26)18-20-8-10-22(11-9-20)24(29-16-17-30-24)21-6-4-3-5-7-21;23-24-21(27)17-26-12-10-25(11-13-26)16-18-6-8-20(9-7-18)22(28-14-15-29-22)19-4-2-1-3-5-19;21-22-19(25)15-24-12-10-23(11-13-24)14-16-6-8-18(9-7-16)20(26)17-4-2-1-3-5-17;17-12-13-6-8-15(9-7-13)16(18-10-11-19-16)14-4-2-1-3-5-14;1-13-7-9-15(10-8-13)16(17-11-12-18-16)14-5-3-2-4-6-14;1-11-7-9-13(10-8-11)14(15)12-5-3-2-4-6-12/h3-11H,2,12-19H2,1H3;1-9H,10-17,23H2,(H,24,27);1-9H,10-15,21H2,(H,22,25);1-9H,10-12H2;2-10H,11-12H2,1H3;2-10H,1H3. The fraction of sp³-hybridized carbons (Fsp3) is 0.312. The summed E-state index contributed by atoms with van der Waals surface area (Å²) in [5.74, 6) is 6.90. The molecule has 0 unspecified atom stereocenters. The van der Waals surface area contributed by atoms with Gasteiger partial charge in [-0.3, -0.25) is 64.2 Å². The van der Waals surface area contributed by atoms with E-state index in [1.54, 1.807) is 0 Å². The van der Waals surface area contributed by atoms with E-state index in [-0.39, 0.29) is 29.4 Å². The third kappa shape index (κ3) is 27.6. The van der Waals surface area contributed by atoms with E-state index < -0.39 is 23.1 Å². The molecule has 0 saturated carbocycles. The number of benzene rings is 12. The number of aryl methyl sites for hydroxylation is 2. The van der Waals surface area contributed by atoms with Crippen LogP contribution in [0.5, 0.6) is 0 Å². The van der Waals surface area contributed by atoms with Crippen molar-refractivity contribution in [2.45, 2.75) is 68.9 Å². The maximum Gasteiger partial charge on any atom is 0.320 e. The second kappa shape index (κ2) is 51.1. The lowest BCUT2D eigenvalue weighted by Crippen LogP contribution is -2.49. The molecule has 7 aliphatic heterocycles. The van der Waals surface area contributed by atoms with E-state index in [9.17, 15) is 24.0 Å². The maximum atomic E-state index is 12.4. The summed E-state index contributed by atoms with van der Waals surface area (Å²) in [4.78, 5) is 72.3. The van der Waals surface area contributed by atoms with Crippen LogP contribution in [0, 0.1) is 13.8 Å². The van der Waals surface area contributed by atoms with Gasteiger partial charge in [0.1, 0.15) is 0 Å². The molecule has 0 aliphatic carbocycles. The number of nitrogens with two attached hydrogens (primary N) is 2. The summed E-state index contributed by atoms with van der Waals surface area (Å²) in [7, 11) is 0. The highest BCUT2D eigenvalue weighted by molar-refractivity contribution is 9.08. The third-order valence-corrected chi connectivity index (χ3v) is 25.6. The normalized spacial score (nSPS) is 17.3. The molecule has 12 aromatic carbocycles. The topological polar surface area (TPSA) is 264 Å². The number of hydrazine groups is 2. The molecule has 0 atom stereocenters. The Kier molecular flexibility index (Phi) is 37.7. The van der Waals surface area contributed by atoms with Gasteiger partial charge in [0.05, 0.1) is 79.1 Å². The van der Waals surface area contributed by atoms with Crippen LogP contribution in [-0.2, 0) is 105 Å². The molecule has 19 rings (SSSR count). The van der Waals surface area contributed by atoms with E-state index in [0.717, 1.165) is 159 Å². The molecule has 24 nitrogen and oxygen atoms in total. The summed E-state index contributed by atoms with van der Waals surface area (Å²) in [6.45, 7) is 25.7. The van der Waals surface area contributed by atoms with Crippen molar-refractivity contribution in [3.8, 4) is 0 Å². The lowest BCUT2D eigenvalue weighted by atomic mass is 9.96. The minimum absolute atomic E-state index is 0.0453. The maximum absolute atomic E-state index is 12.4. The number of alkyl halides is 1. The van der Waals surface area contributed by atoms with Crippen molar-refractivity contribution >= 4 is 45.3 Å². The number of carbonyl (C=O) groups is 5. The molecule has 12 aromatic rings. The van der Waals surface area contributed by atoms with Gasteiger partial charge in [0.2, 0.25) is 35.0 Å². The first kappa shape index (κ1) is 101. The second-order valence-electron chi connectivity index (χ2n) is 34.4. The average molecular weight is 1920 g/mol. The van der Waals surface area contributed by atoms with Crippen LogP contribution in [0.25, 0.3) is 0 Å². The molecular formula is C112H125BrN10O14. The highest BCUT2D eigenvalue weighted by Crippen LogP contribution is 2.43. The molecule has 714 valence electrons. The Balaban J connectivity index is 0.000000133. The summed E-state index contributed by atoms with van der Waals surface area (Å²) in [5, 5.41) is 0.854. The first-order valence-corrected chi connectivity index (χ1v) is 48.2. The number of ketones is 2. The Bertz CT molecular complexity index is 5670. The largest absolute Gasteiger partial charge is 0.465 e.